The third-order valence-corrected chi connectivity index (χ3v) is 10.6. The first-order valence-electron chi connectivity index (χ1n) is 17.2. The van der Waals surface area contributed by atoms with Gasteiger partial charge in [0.1, 0.15) is 0 Å². The van der Waals surface area contributed by atoms with Crippen molar-refractivity contribution in [3.8, 4) is 55.6 Å². The fourth-order valence-corrected chi connectivity index (χ4v) is 7.67. The zero-order valence-corrected chi connectivity index (χ0v) is 31.4. The molecule has 0 saturated carbocycles. The van der Waals surface area contributed by atoms with E-state index in [2.05, 4.69) is 224 Å². The number of halogens is 2. The fourth-order valence-electron chi connectivity index (χ4n) is 6.68. The summed E-state index contributed by atoms with van der Waals surface area (Å²) in [5.41, 5.74) is 15.3. The van der Waals surface area contributed by atoms with Gasteiger partial charge in [-0.2, -0.15) is 0 Å². The largest absolute Gasteiger partial charge is 0.355 e. The minimum absolute atomic E-state index is 1.01. The first-order valence-corrected chi connectivity index (χ1v) is 18.8. The summed E-state index contributed by atoms with van der Waals surface area (Å²) < 4.78 is 2.10. The Morgan fingerprint density at radius 1 is 0.250 bits per heavy atom. The minimum Gasteiger partial charge on any atom is -0.355 e. The molecule has 0 aliphatic carbocycles. The molecule has 0 radical (unpaired) electrons. The van der Waals surface area contributed by atoms with E-state index < -0.39 is 0 Å². The Morgan fingerprint density at radius 3 is 0.981 bits per heavy atom. The highest BCUT2D eigenvalue weighted by Crippen LogP contribution is 2.44. The lowest BCUT2D eigenvalue weighted by atomic mass is 9.93. The highest BCUT2D eigenvalue weighted by molar-refractivity contribution is 9.11. The zero-order chi connectivity index (χ0) is 35.3. The molecule has 0 aliphatic heterocycles. The number of hydrogen-bond donors (Lipinski definition) is 2. The van der Waals surface area contributed by atoms with Crippen LogP contribution in [0.4, 0.5) is 22.7 Å². The lowest BCUT2D eigenvalue weighted by Crippen LogP contribution is -2.00. The first kappa shape index (κ1) is 33.5. The van der Waals surface area contributed by atoms with Gasteiger partial charge >= 0.3 is 0 Å². The van der Waals surface area contributed by atoms with Crippen LogP contribution < -0.4 is 10.6 Å². The van der Waals surface area contributed by atoms with Crippen molar-refractivity contribution >= 4 is 54.6 Å². The molecule has 2 N–H and O–H groups in total. The molecule has 8 aromatic rings. The molecule has 0 atom stereocenters. The molecule has 0 bridgehead atoms. The van der Waals surface area contributed by atoms with Crippen LogP contribution in [0.1, 0.15) is 0 Å². The molecule has 0 spiro atoms. The van der Waals surface area contributed by atoms with Gasteiger partial charge in [0.25, 0.3) is 0 Å². The van der Waals surface area contributed by atoms with Crippen molar-refractivity contribution in [2.24, 2.45) is 0 Å². The molecule has 0 aliphatic rings. The van der Waals surface area contributed by atoms with Crippen LogP contribution in [-0.4, -0.2) is 0 Å². The second kappa shape index (κ2) is 15.3. The second-order valence-corrected chi connectivity index (χ2v) is 14.3. The van der Waals surface area contributed by atoms with Gasteiger partial charge in [0.15, 0.2) is 0 Å². The molecule has 4 heteroatoms. The van der Waals surface area contributed by atoms with Gasteiger partial charge < -0.3 is 10.6 Å². The predicted molar refractivity (Wildman–Crippen MR) is 228 cm³/mol. The normalized spacial score (nSPS) is 10.9. The standard InChI is InChI=1S/C48H34Br2N2/c49-43-23-11-7-19-37(43)39-21-9-13-25-45(39)51-47-29-27-35(33-15-3-1-4-16-33)31-41(47)42-32-36(34-17-5-2-6-18-34)28-30-48(42)52-46-26-14-10-22-40(46)38-20-8-12-24-44(38)50/h1-32,51-52H. The number of anilines is 4. The van der Waals surface area contributed by atoms with E-state index in [1.165, 1.54) is 0 Å². The molecule has 0 aromatic heterocycles. The molecule has 52 heavy (non-hydrogen) atoms. The maximum absolute atomic E-state index is 3.88. The molecule has 0 saturated heterocycles. The highest BCUT2D eigenvalue weighted by Gasteiger charge is 2.18. The van der Waals surface area contributed by atoms with Gasteiger partial charge in [-0.15, -0.1) is 0 Å². The molecule has 8 aromatic carbocycles. The van der Waals surface area contributed by atoms with Crippen LogP contribution in [-0.2, 0) is 0 Å². The Labute approximate surface area is 322 Å². The first-order chi connectivity index (χ1) is 25.6. The Morgan fingerprint density at radius 2 is 0.577 bits per heavy atom. The monoisotopic (exact) mass is 796 g/mol. The van der Waals surface area contributed by atoms with E-state index in [0.717, 1.165) is 87.3 Å². The lowest BCUT2D eigenvalue weighted by Gasteiger charge is -2.21. The van der Waals surface area contributed by atoms with Crippen LogP contribution in [0.5, 0.6) is 0 Å². The summed E-state index contributed by atoms with van der Waals surface area (Å²) in [4.78, 5) is 0. The smallest absolute Gasteiger partial charge is 0.0465 e. The second-order valence-electron chi connectivity index (χ2n) is 12.6. The van der Waals surface area contributed by atoms with E-state index in [0.29, 0.717) is 0 Å². The molecular weight excluding hydrogens is 764 g/mol. The maximum atomic E-state index is 3.88. The van der Waals surface area contributed by atoms with E-state index in [9.17, 15) is 0 Å². The van der Waals surface area contributed by atoms with Crippen LogP contribution in [0.3, 0.4) is 0 Å². The lowest BCUT2D eigenvalue weighted by molar-refractivity contribution is 1.49. The summed E-state index contributed by atoms with van der Waals surface area (Å²) in [5, 5.41) is 7.77. The Kier molecular flexibility index (Phi) is 9.84. The predicted octanol–water partition coefficient (Wildman–Crippen LogP) is 15.0. The van der Waals surface area contributed by atoms with Crippen molar-refractivity contribution in [1.29, 1.82) is 0 Å². The van der Waals surface area contributed by atoms with E-state index in [1.807, 2.05) is 12.1 Å². The van der Waals surface area contributed by atoms with Crippen molar-refractivity contribution < 1.29 is 0 Å². The van der Waals surface area contributed by atoms with Crippen molar-refractivity contribution in [3.05, 3.63) is 203 Å². The average Bonchev–Trinajstić information content (AvgIpc) is 3.20. The van der Waals surface area contributed by atoms with Crippen molar-refractivity contribution in [2.45, 2.75) is 0 Å². The fraction of sp³-hybridized carbons (Fsp3) is 0. The summed E-state index contributed by atoms with van der Waals surface area (Å²) >= 11 is 7.60. The molecule has 0 heterocycles. The van der Waals surface area contributed by atoms with E-state index in [-0.39, 0.29) is 0 Å². The number of para-hydroxylation sites is 2. The molecule has 2 nitrogen and oxygen atoms in total. The minimum atomic E-state index is 1.01. The molecule has 0 amide bonds. The third-order valence-electron chi connectivity index (χ3n) is 9.26. The van der Waals surface area contributed by atoms with Crippen molar-refractivity contribution in [1.82, 2.24) is 0 Å². The number of benzene rings is 8. The van der Waals surface area contributed by atoms with Gasteiger partial charge in [-0.05, 0) is 81.9 Å². The molecule has 0 fully saturated rings. The van der Waals surface area contributed by atoms with Gasteiger partial charge in [-0.1, -0.05) is 177 Å². The maximum Gasteiger partial charge on any atom is 0.0465 e. The molecular formula is C48H34Br2N2. The zero-order valence-electron chi connectivity index (χ0n) is 28.2. The van der Waals surface area contributed by atoms with Gasteiger partial charge in [-0.25, -0.2) is 0 Å². The van der Waals surface area contributed by atoms with Crippen LogP contribution in [0, 0.1) is 0 Å². The molecule has 8 rings (SSSR count). The summed E-state index contributed by atoms with van der Waals surface area (Å²) in [5.74, 6) is 0. The average molecular weight is 799 g/mol. The molecule has 250 valence electrons. The third kappa shape index (κ3) is 7.09. The SMILES string of the molecule is Brc1ccccc1-c1ccccc1Nc1ccc(-c2ccccc2)cc1-c1cc(-c2ccccc2)ccc1Nc1ccccc1-c1ccccc1Br. The van der Waals surface area contributed by atoms with Crippen molar-refractivity contribution in [2.75, 3.05) is 10.6 Å². The van der Waals surface area contributed by atoms with E-state index >= 15 is 0 Å². The van der Waals surface area contributed by atoms with Gasteiger partial charge in [0.2, 0.25) is 0 Å². The Bertz CT molecular complexity index is 2320. The topological polar surface area (TPSA) is 24.1 Å². The summed E-state index contributed by atoms with van der Waals surface area (Å²) in [7, 11) is 0. The van der Waals surface area contributed by atoms with Crippen molar-refractivity contribution in [3.63, 3.8) is 0 Å². The quantitative estimate of drug-likeness (QED) is 0.152. The Hall–Kier alpha value is -5.68. The van der Waals surface area contributed by atoms with Gasteiger partial charge in [0, 0.05) is 53.9 Å². The van der Waals surface area contributed by atoms with Crippen LogP contribution in [0.2, 0.25) is 0 Å². The Balaban J connectivity index is 1.33. The van der Waals surface area contributed by atoms with Crippen LogP contribution in [0.25, 0.3) is 55.6 Å². The van der Waals surface area contributed by atoms with Gasteiger partial charge in [-0.3, -0.25) is 0 Å². The number of nitrogens with one attached hydrogen (secondary N) is 2. The summed E-state index contributed by atoms with van der Waals surface area (Å²) in [6, 6.07) is 68.4. The number of rotatable bonds is 9. The molecule has 0 unspecified atom stereocenters. The highest BCUT2D eigenvalue weighted by atomic mass is 79.9. The van der Waals surface area contributed by atoms with Crippen LogP contribution in [0.15, 0.2) is 203 Å². The van der Waals surface area contributed by atoms with Gasteiger partial charge in [0.05, 0.1) is 0 Å². The van der Waals surface area contributed by atoms with E-state index in [1.54, 1.807) is 0 Å². The summed E-state index contributed by atoms with van der Waals surface area (Å²) in [6.07, 6.45) is 0. The van der Waals surface area contributed by atoms with Crippen LogP contribution >= 0.6 is 31.9 Å². The number of hydrogen-bond acceptors (Lipinski definition) is 2. The van der Waals surface area contributed by atoms with E-state index in [4.69, 9.17) is 0 Å². The summed E-state index contributed by atoms with van der Waals surface area (Å²) in [6.45, 7) is 0.